The fourth-order valence-corrected chi connectivity index (χ4v) is 2.43. The van der Waals surface area contributed by atoms with Crippen molar-refractivity contribution in [3.8, 4) is 5.75 Å². The number of tetrazole rings is 1. The Morgan fingerprint density at radius 2 is 2.32 bits per heavy atom. The molecule has 0 unspecified atom stereocenters. The van der Waals surface area contributed by atoms with Crippen LogP contribution in [0.15, 0.2) is 29.4 Å². The molecule has 0 aliphatic carbocycles. The zero-order chi connectivity index (χ0) is 13.5. The van der Waals surface area contributed by atoms with Crippen molar-refractivity contribution in [1.82, 2.24) is 20.2 Å². The topological polar surface area (TPSA) is 69.4 Å². The van der Waals surface area contributed by atoms with E-state index in [1.807, 2.05) is 19.2 Å². The van der Waals surface area contributed by atoms with Gasteiger partial charge in [0.2, 0.25) is 5.16 Å². The summed E-state index contributed by atoms with van der Waals surface area (Å²) < 4.78 is 6.89. The molecule has 1 heterocycles. The standard InChI is InChI=1S/C12H17N5OS/c1-17-12(14-15-16-17)19-7-6-13-9-10-4-3-5-11(8-10)18-2/h3-5,8,13H,6-7,9H2,1-2H3/p+1. The van der Waals surface area contributed by atoms with Crippen molar-refractivity contribution in [3.05, 3.63) is 29.8 Å². The van der Waals surface area contributed by atoms with Crippen molar-refractivity contribution >= 4 is 11.8 Å². The highest BCUT2D eigenvalue weighted by atomic mass is 32.2. The third-order valence-corrected chi connectivity index (χ3v) is 3.69. The second-order valence-corrected chi connectivity index (χ2v) is 5.13. The minimum Gasteiger partial charge on any atom is -0.497 e. The zero-order valence-electron chi connectivity index (χ0n) is 11.1. The number of hydrogen-bond acceptors (Lipinski definition) is 5. The van der Waals surface area contributed by atoms with E-state index in [1.165, 1.54) is 5.56 Å². The van der Waals surface area contributed by atoms with E-state index < -0.39 is 0 Å². The molecule has 6 nitrogen and oxygen atoms in total. The van der Waals surface area contributed by atoms with Crippen LogP contribution in [0.4, 0.5) is 0 Å². The molecule has 0 atom stereocenters. The molecule has 2 N–H and O–H groups in total. The average molecular weight is 280 g/mol. The normalized spacial score (nSPS) is 10.6. The lowest BCUT2D eigenvalue weighted by molar-refractivity contribution is -0.666. The molecular weight excluding hydrogens is 262 g/mol. The fourth-order valence-electron chi connectivity index (χ4n) is 1.65. The highest BCUT2D eigenvalue weighted by molar-refractivity contribution is 7.99. The Hall–Kier alpha value is -1.60. The Morgan fingerprint density at radius 1 is 1.42 bits per heavy atom. The number of benzene rings is 1. The molecule has 1 aromatic carbocycles. The summed E-state index contributed by atoms with van der Waals surface area (Å²) in [6.07, 6.45) is 0. The highest BCUT2D eigenvalue weighted by Gasteiger charge is 2.03. The molecular formula is C12H18N5OS+. The Morgan fingerprint density at radius 3 is 3.05 bits per heavy atom. The van der Waals surface area contributed by atoms with Crippen LogP contribution < -0.4 is 10.1 Å². The predicted molar refractivity (Wildman–Crippen MR) is 73.0 cm³/mol. The number of aromatic nitrogens is 4. The van der Waals surface area contributed by atoms with E-state index in [4.69, 9.17) is 4.74 Å². The summed E-state index contributed by atoms with van der Waals surface area (Å²) in [4.78, 5) is 0. The van der Waals surface area contributed by atoms with E-state index in [1.54, 1.807) is 23.6 Å². The van der Waals surface area contributed by atoms with Gasteiger partial charge < -0.3 is 10.1 Å². The number of ether oxygens (including phenoxy) is 1. The Bertz CT molecular complexity index is 516. The first-order chi connectivity index (χ1) is 9.29. The van der Waals surface area contributed by atoms with Crippen LogP contribution in [0.3, 0.4) is 0 Å². The number of hydrogen-bond donors (Lipinski definition) is 1. The second kappa shape index (κ2) is 7.10. The van der Waals surface area contributed by atoms with Crippen molar-refractivity contribution < 1.29 is 10.1 Å². The monoisotopic (exact) mass is 280 g/mol. The van der Waals surface area contributed by atoms with E-state index in [0.29, 0.717) is 0 Å². The van der Waals surface area contributed by atoms with Gasteiger partial charge in [0.15, 0.2) is 0 Å². The van der Waals surface area contributed by atoms with Crippen LogP contribution in [0.1, 0.15) is 5.56 Å². The summed E-state index contributed by atoms with van der Waals surface area (Å²) in [5, 5.41) is 14.5. The maximum absolute atomic E-state index is 5.20. The molecule has 0 aliphatic heterocycles. The van der Waals surface area contributed by atoms with Crippen molar-refractivity contribution in [1.29, 1.82) is 0 Å². The Kier molecular flexibility index (Phi) is 5.17. The number of thioether (sulfide) groups is 1. The summed E-state index contributed by atoms with van der Waals surface area (Å²) in [6.45, 7) is 1.98. The lowest BCUT2D eigenvalue weighted by Crippen LogP contribution is -2.83. The largest absolute Gasteiger partial charge is 0.497 e. The predicted octanol–water partition coefficient (Wildman–Crippen LogP) is 0.0744. The summed E-state index contributed by atoms with van der Waals surface area (Å²) in [7, 11) is 3.54. The lowest BCUT2D eigenvalue weighted by atomic mass is 10.2. The van der Waals surface area contributed by atoms with Gasteiger partial charge in [0.25, 0.3) is 0 Å². The molecule has 0 bridgehead atoms. The fraction of sp³-hybridized carbons (Fsp3) is 0.417. The van der Waals surface area contributed by atoms with Gasteiger partial charge in [-0.1, -0.05) is 23.9 Å². The molecule has 102 valence electrons. The maximum atomic E-state index is 5.20. The summed E-state index contributed by atoms with van der Waals surface area (Å²) in [5.41, 5.74) is 1.27. The molecule has 1 aromatic heterocycles. The van der Waals surface area contributed by atoms with E-state index in [0.717, 1.165) is 29.7 Å². The molecule has 0 amide bonds. The Labute approximate surface area is 116 Å². The van der Waals surface area contributed by atoms with E-state index in [-0.39, 0.29) is 0 Å². The van der Waals surface area contributed by atoms with E-state index >= 15 is 0 Å². The number of aryl methyl sites for hydroxylation is 1. The lowest BCUT2D eigenvalue weighted by Gasteiger charge is -2.04. The van der Waals surface area contributed by atoms with E-state index in [2.05, 4.69) is 33.0 Å². The molecule has 7 heteroatoms. The van der Waals surface area contributed by atoms with Crippen molar-refractivity contribution in [2.75, 3.05) is 19.4 Å². The van der Waals surface area contributed by atoms with Crippen LogP contribution in [-0.2, 0) is 13.6 Å². The molecule has 0 fully saturated rings. The van der Waals surface area contributed by atoms with Crippen LogP contribution in [-0.4, -0.2) is 39.6 Å². The highest BCUT2D eigenvalue weighted by Crippen LogP contribution is 2.12. The maximum Gasteiger partial charge on any atom is 0.209 e. The minimum atomic E-state index is 0.856. The molecule has 0 aliphatic rings. The first kappa shape index (κ1) is 13.8. The van der Waals surface area contributed by atoms with Crippen LogP contribution in [0.25, 0.3) is 0 Å². The third-order valence-electron chi connectivity index (χ3n) is 2.65. The molecule has 0 saturated heterocycles. The number of quaternary nitrogens is 1. The van der Waals surface area contributed by atoms with Gasteiger partial charge in [-0.3, -0.25) is 0 Å². The molecule has 2 rings (SSSR count). The summed E-state index contributed by atoms with van der Waals surface area (Å²) in [5.74, 6) is 1.89. The van der Waals surface area contributed by atoms with Crippen molar-refractivity contribution in [2.45, 2.75) is 11.7 Å². The van der Waals surface area contributed by atoms with Crippen LogP contribution >= 0.6 is 11.8 Å². The Balaban J connectivity index is 1.68. The van der Waals surface area contributed by atoms with Gasteiger partial charge in [0.1, 0.15) is 12.3 Å². The van der Waals surface area contributed by atoms with Crippen LogP contribution in [0.5, 0.6) is 5.75 Å². The van der Waals surface area contributed by atoms with Gasteiger partial charge in [-0.25, -0.2) is 4.68 Å². The minimum absolute atomic E-state index is 0.856. The zero-order valence-corrected chi connectivity index (χ0v) is 11.9. The van der Waals surface area contributed by atoms with Gasteiger partial charge >= 0.3 is 0 Å². The van der Waals surface area contributed by atoms with Gasteiger partial charge in [0.05, 0.1) is 19.4 Å². The summed E-state index contributed by atoms with van der Waals surface area (Å²) in [6, 6.07) is 8.15. The first-order valence-corrected chi connectivity index (χ1v) is 7.08. The van der Waals surface area contributed by atoms with Crippen molar-refractivity contribution in [3.63, 3.8) is 0 Å². The summed E-state index contributed by atoms with van der Waals surface area (Å²) >= 11 is 1.67. The SMILES string of the molecule is COc1cccc(C[NH2+]CCSc2nnnn2C)c1. The number of rotatable bonds is 7. The van der Waals surface area contributed by atoms with Crippen LogP contribution in [0.2, 0.25) is 0 Å². The molecule has 0 spiro atoms. The van der Waals surface area contributed by atoms with Crippen LogP contribution in [0, 0.1) is 0 Å². The number of methoxy groups -OCH3 is 1. The second-order valence-electron chi connectivity index (χ2n) is 4.07. The third kappa shape index (κ3) is 4.22. The average Bonchev–Trinajstić information content (AvgIpc) is 2.84. The van der Waals surface area contributed by atoms with Crippen molar-refractivity contribution in [2.24, 2.45) is 7.05 Å². The number of nitrogens with zero attached hydrogens (tertiary/aromatic N) is 4. The molecule has 19 heavy (non-hydrogen) atoms. The molecule has 0 saturated carbocycles. The molecule has 0 radical (unpaired) electrons. The van der Waals surface area contributed by atoms with Gasteiger partial charge in [-0.15, -0.1) is 5.10 Å². The van der Waals surface area contributed by atoms with Gasteiger partial charge in [0, 0.05) is 12.6 Å². The smallest absolute Gasteiger partial charge is 0.209 e. The van der Waals surface area contributed by atoms with E-state index in [9.17, 15) is 0 Å². The molecule has 2 aromatic rings. The van der Waals surface area contributed by atoms with Gasteiger partial charge in [-0.2, -0.15) is 0 Å². The quantitative estimate of drug-likeness (QED) is 0.574. The van der Waals surface area contributed by atoms with Gasteiger partial charge in [-0.05, 0) is 22.6 Å². The first-order valence-electron chi connectivity index (χ1n) is 6.09. The number of nitrogens with two attached hydrogens (primary N) is 1.